The molecule has 0 spiro atoms. The van der Waals surface area contributed by atoms with E-state index in [4.69, 9.17) is 0 Å². The van der Waals surface area contributed by atoms with E-state index < -0.39 is 29.2 Å². The number of carbonyl (C=O) groups excluding carboxylic acids is 1. The van der Waals surface area contributed by atoms with Crippen molar-refractivity contribution in [3.63, 3.8) is 0 Å². The molecule has 1 aliphatic rings. The van der Waals surface area contributed by atoms with Gasteiger partial charge in [0.25, 0.3) is 5.91 Å². The van der Waals surface area contributed by atoms with E-state index >= 15 is 0 Å². The largest absolute Gasteiger partial charge is 0.388 e. The number of carbonyl (C=O) groups is 1. The third kappa shape index (κ3) is 3.60. The van der Waals surface area contributed by atoms with E-state index in [9.17, 15) is 18.7 Å². The van der Waals surface area contributed by atoms with Gasteiger partial charge in [0.15, 0.2) is 0 Å². The molecule has 134 valence electrons. The Labute approximate surface area is 149 Å². The van der Waals surface area contributed by atoms with E-state index in [2.05, 4.69) is 5.32 Å². The van der Waals surface area contributed by atoms with Crippen LogP contribution in [0.15, 0.2) is 30.3 Å². The Balaban J connectivity index is 1.79. The van der Waals surface area contributed by atoms with Gasteiger partial charge in [-0.15, -0.1) is 11.3 Å². The summed E-state index contributed by atoms with van der Waals surface area (Å²) >= 11 is 1.54. The quantitative estimate of drug-likeness (QED) is 0.829. The average molecular weight is 365 g/mol. The molecule has 0 aliphatic heterocycles. The van der Waals surface area contributed by atoms with Gasteiger partial charge in [0, 0.05) is 21.7 Å². The Morgan fingerprint density at radius 2 is 1.88 bits per heavy atom. The number of hydrogen-bond acceptors (Lipinski definition) is 3. The number of amides is 1. The van der Waals surface area contributed by atoms with Crippen LogP contribution in [0, 0.1) is 11.6 Å². The maximum absolute atomic E-state index is 13.8. The standard InChI is InChI=1S/C19H21F2NO2S/c1-12(23)15-7-8-16(25-15)19(9-2-3-10-19)11-22-18(24)17-13(20)5-4-6-14(17)21/h4-8,12,23H,2-3,9-11H2,1H3,(H,22,24). The highest BCUT2D eigenvalue weighted by Gasteiger charge is 2.37. The summed E-state index contributed by atoms with van der Waals surface area (Å²) in [6.45, 7) is 2.05. The van der Waals surface area contributed by atoms with Crippen molar-refractivity contribution in [3.05, 3.63) is 57.3 Å². The molecule has 1 fully saturated rings. The molecule has 1 saturated carbocycles. The highest BCUT2D eigenvalue weighted by Crippen LogP contribution is 2.44. The lowest BCUT2D eigenvalue weighted by Gasteiger charge is -2.28. The van der Waals surface area contributed by atoms with Crippen LogP contribution in [0.3, 0.4) is 0 Å². The Morgan fingerprint density at radius 3 is 2.44 bits per heavy atom. The fourth-order valence-corrected chi connectivity index (χ4v) is 4.67. The van der Waals surface area contributed by atoms with Crippen LogP contribution in [-0.4, -0.2) is 17.6 Å². The van der Waals surface area contributed by atoms with Crippen molar-refractivity contribution < 1.29 is 18.7 Å². The molecule has 1 amide bonds. The molecule has 1 aromatic carbocycles. The lowest BCUT2D eigenvalue weighted by molar-refractivity contribution is 0.0935. The minimum atomic E-state index is -0.856. The number of benzene rings is 1. The fraction of sp³-hybridized carbons (Fsp3) is 0.421. The van der Waals surface area contributed by atoms with Crippen LogP contribution in [0.2, 0.25) is 0 Å². The molecule has 1 aliphatic carbocycles. The summed E-state index contributed by atoms with van der Waals surface area (Å²) in [5.74, 6) is -2.44. The fourth-order valence-electron chi connectivity index (χ4n) is 3.48. The van der Waals surface area contributed by atoms with E-state index in [1.165, 1.54) is 6.07 Å². The zero-order valence-electron chi connectivity index (χ0n) is 14.0. The van der Waals surface area contributed by atoms with E-state index in [1.54, 1.807) is 18.3 Å². The smallest absolute Gasteiger partial charge is 0.257 e. The predicted molar refractivity (Wildman–Crippen MR) is 93.8 cm³/mol. The number of aliphatic hydroxyl groups is 1. The van der Waals surface area contributed by atoms with Crippen molar-refractivity contribution in [1.82, 2.24) is 5.32 Å². The van der Waals surface area contributed by atoms with E-state index in [0.717, 1.165) is 47.6 Å². The van der Waals surface area contributed by atoms with Gasteiger partial charge in [-0.3, -0.25) is 4.79 Å². The molecule has 0 radical (unpaired) electrons. The lowest BCUT2D eigenvalue weighted by atomic mass is 9.84. The molecule has 2 aromatic rings. The van der Waals surface area contributed by atoms with Crippen LogP contribution in [-0.2, 0) is 5.41 Å². The second-order valence-electron chi connectivity index (χ2n) is 6.64. The molecule has 1 unspecified atom stereocenters. The van der Waals surface area contributed by atoms with Gasteiger partial charge in [-0.2, -0.15) is 0 Å². The molecule has 3 rings (SSSR count). The van der Waals surface area contributed by atoms with Crippen LogP contribution >= 0.6 is 11.3 Å². The number of hydrogen-bond donors (Lipinski definition) is 2. The van der Waals surface area contributed by atoms with Gasteiger partial charge in [-0.1, -0.05) is 18.9 Å². The third-order valence-corrected chi connectivity index (χ3v) is 6.40. The SMILES string of the molecule is CC(O)c1ccc(C2(CNC(=O)c3c(F)cccc3F)CCCC2)s1. The maximum Gasteiger partial charge on any atom is 0.257 e. The zero-order chi connectivity index (χ0) is 18.0. The van der Waals surface area contributed by atoms with Crippen LogP contribution in [0.25, 0.3) is 0 Å². The minimum absolute atomic E-state index is 0.227. The number of thiophene rings is 1. The molecule has 1 heterocycles. The van der Waals surface area contributed by atoms with Crippen molar-refractivity contribution in [2.75, 3.05) is 6.54 Å². The van der Waals surface area contributed by atoms with Crippen LogP contribution < -0.4 is 5.32 Å². The molecule has 25 heavy (non-hydrogen) atoms. The highest BCUT2D eigenvalue weighted by molar-refractivity contribution is 7.12. The van der Waals surface area contributed by atoms with Crippen LogP contribution in [0.4, 0.5) is 8.78 Å². The van der Waals surface area contributed by atoms with Gasteiger partial charge in [-0.25, -0.2) is 8.78 Å². The van der Waals surface area contributed by atoms with Crippen LogP contribution in [0.5, 0.6) is 0 Å². The summed E-state index contributed by atoms with van der Waals surface area (Å²) in [6.07, 6.45) is 3.39. The van der Waals surface area contributed by atoms with E-state index in [-0.39, 0.29) is 5.41 Å². The molecular formula is C19H21F2NO2S. The number of nitrogens with one attached hydrogen (secondary N) is 1. The van der Waals surface area contributed by atoms with Crippen molar-refractivity contribution in [2.24, 2.45) is 0 Å². The second kappa shape index (κ2) is 7.22. The molecule has 2 N–H and O–H groups in total. The van der Waals surface area contributed by atoms with Gasteiger partial charge in [-0.05, 0) is 44.0 Å². The maximum atomic E-state index is 13.8. The zero-order valence-corrected chi connectivity index (χ0v) is 14.8. The normalized spacial score (nSPS) is 17.4. The summed E-state index contributed by atoms with van der Waals surface area (Å²) in [7, 11) is 0. The van der Waals surface area contributed by atoms with Crippen molar-refractivity contribution in [1.29, 1.82) is 0 Å². The Hall–Kier alpha value is -1.79. The van der Waals surface area contributed by atoms with Gasteiger partial charge in [0.1, 0.15) is 17.2 Å². The molecular weight excluding hydrogens is 344 g/mol. The third-order valence-electron chi connectivity index (χ3n) is 4.90. The first-order valence-electron chi connectivity index (χ1n) is 8.43. The molecule has 0 bridgehead atoms. The first kappa shape index (κ1) is 18.0. The van der Waals surface area contributed by atoms with Gasteiger partial charge < -0.3 is 10.4 Å². The van der Waals surface area contributed by atoms with Crippen molar-refractivity contribution in [3.8, 4) is 0 Å². The van der Waals surface area contributed by atoms with Crippen LogP contribution in [0.1, 0.15) is 58.8 Å². The Kier molecular flexibility index (Phi) is 5.20. The second-order valence-corrected chi connectivity index (χ2v) is 7.76. The molecule has 3 nitrogen and oxygen atoms in total. The average Bonchev–Trinajstić information content (AvgIpc) is 3.23. The summed E-state index contributed by atoms with van der Waals surface area (Å²) in [4.78, 5) is 14.3. The summed E-state index contributed by atoms with van der Waals surface area (Å²) < 4.78 is 27.6. The van der Waals surface area contributed by atoms with Crippen molar-refractivity contribution in [2.45, 2.75) is 44.1 Å². The molecule has 1 atom stereocenters. The Bertz CT molecular complexity index is 746. The van der Waals surface area contributed by atoms with Gasteiger partial charge >= 0.3 is 0 Å². The molecule has 6 heteroatoms. The number of halogens is 2. The monoisotopic (exact) mass is 365 g/mol. The van der Waals surface area contributed by atoms with E-state index in [1.807, 2.05) is 12.1 Å². The number of aliphatic hydroxyl groups excluding tert-OH is 1. The summed E-state index contributed by atoms with van der Waals surface area (Å²) in [5.41, 5.74) is -0.763. The van der Waals surface area contributed by atoms with Gasteiger partial charge in [0.05, 0.1) is 6.10 Å². The first-order valence-corrected chi connectivity index (χ1v) is 9.25. The highest BCUT2D eigenvalue weighted by atomic mass is 32.1. The van der Waals surface area contributed by atoms with Crippen molar-refractivity contribution >= 4 is 17.2 Å². The summed E-state index contributed by atoms with van der Waals surface area (Å²) in [6, 6.07) is 7.30. The predicted octanol–water partition coefficient (Wildman–Crippen LogP) is 4.32. The summed E-state index contributed by atoms with van der Waals surface area (Å²) in [5, 5.41) is 12.5. The van der Waals surface area contributed by atoms with Gasteiger partial charge in [0.2, 0.25) is 0 Å². The first-order chi connectivity index (χ1) is 11.9. The molecule has 1 aromatic heterocycles. The topological polar surface area (TPSA) is 49.3 Å². The Morgan fingerprint density at radius 1 is 1.24 bits per heavy atom. The number of rotatable bonds is 5. The lowest BCUT2D eigenvalue weighted by Crippen LogP contribution is -2.39. The van der Waals surface area contributed by atoms with E-state index in [0.29, 0.717) is 6.54 Å². The molecule has 0 saturated heterocycles. The minimum Gasteiger partial charge on any atom is -0.388 e.